The standard InChI is InChI=1S/C12H11IN4O/c13-10-11(15-6-16-12(10)18)17-4-7-1-2-9(14)3-8(7)5-17/h1-3,6H,4-5,14H2,(H,15,16,18). The van der Waals surface area contributed by atoms with Crippen LogP contribution in [0.4, 0.5) is 11.5 Å². The number of aromatic amines is 1. The van der Waals surface area contributed by atoms with Crippen LogP contribution in [0.1, 0.15) is 11.1 Å². The van der Waals surface area contributed by atoms with Crippen LogP contribution in [-0.2, 0) is 13.1 Å². The van der Waals surface area contributed by atoms with E-state index in [1.54, 1.807) is 0 Å². The van der Waals surface area contributed by atoms with Crippen LogP contribution in [0, 0.1) is 3.57 Å². The van der Waals surface area contributed by atoms with Gasteiger partial charge in [-0.05, 0) is 45.9 Å². The summed E-state index contributed by atoms with van der Waals surface area (Å²) in [6.45, 7) is 1.51. The molecule has 6 heteroatoms. The maximum Gasteiger partial charge on any atom is 0.266 e. The Balaban J connectivity index is 1.99. The molecular weight excluding hydrogens is 343 g/mol. The van der Waals surface area contributed by atoms with Crippen molar-refractivity contribution in [1.82, 2.24) is 9.97 Å². The van der Waals surface area contributed by atoms with E-state index in [0.29, 0.717) is 3.57 Å². The number of nitrogens with one attached hydrogen (secondary N) is 1. The van der Waals surface area contributed by atoms with Gasteiger partial charge in [-0.15, -0.1) is 0 Å². The second-order valence-corrected chi connectivity index (χ2v) is 5.33. The lowest BCUT2D eigenvalue weighted by Crippen LogP contribution is -2.22. The first kappa shape index (κ1) is 11.5. The second-order valence-electron chi connectivity index (χ2n) is 4.25. The van der Waals surface area contributed by atoms with Gasteiger partial charge in [0, 0.05) is 18.8 Å². The maximum absolute atomic E-state index is 11.6. The topological polar surface area (TPSA) is 75.0 Å². The smallest absolute Gasteiger partial charge is 0.266 e. The van der Waals surface area contributed by atoms with Crippen LogP contribution >= 0.6 is 22.6 Å². The molecule has 1 aromatic carbocycles. The first-order valence-corrected chi connectivity index (χ1v) is 6.58. The van der Waals surface area contributed by atoms with Crippen LogP contribution < -0.4 is 16.2 Å². The number of nitrogen functional groups attached to an aromatic ring is 1. The summed E-state index contributed by atoms with van der Waals surface area (Å²) in [5, 5.41) is 0. The molecule has 3 rings (SSSR count). The largest absolute Gasteiger partial charge is 0.399 e. The Bertz CT molecular complexity index is 667. The molecule has 3 N–H and O–H groups in total. The zero-order valence-electron chi connectivity index (χ0n) is 9.48. The van der Waals surface area contributed by atoms with Crippen LogP contribution in [0.2, 0.25) is 0 Å². The predicted molar refractivity (Wildman–Crippen MR) is 78.3 cm³/mol. The zero-order chi connectivity index (χ0) is 12.7. The number of nitrogens with two attached hydrogens (primary N) is 1. The van der Waals surface area contributed by atoms with Crippen LogP contribution in [0.5, 0.6) is 0 Å². The third kappa shape index (κ3) is 1.86. The molecule has 0 radical (unpaired) electrons. The van der Waals surface area contributed by atoms with Gasteiger partial charge in [0.1, 0.15) is 9.39 Å². The minimum absolute atomic E-state index is 0.101. The van der Waals surface area contributed by atoms with E-state index in [1.807, 2.05) is 40.8 Å². The Labute approximate surface area is 117 Å². The van der Waals surface area contributed by atoms with Gasteiger partial charge in [0.05, 0.1) is 6.33 Å². The van der Waals surface area contributed by atoms with E-state index in [9.17, 15) is 4.79 Å². The van der Waals surface area contributed by atoms with Crippen molar-refractivity contribution in [2.24, 2.45) is 0 Å². The van der Waals surface area contributed by atoms with Crippen molar-refractivity contribution >= 4 is 34.1 Å². The summed E-state index contributed by atoms with van der Waals surface area (Å²) in [6.07, 6.45) is 1.44. The third-order valence-electron chi connectivity index (χ3n) is 3.03. The van der Waals surface area contributed by atoms with Crippen LogP contribution in [0.15, 0.2) is 29.3 Å². The van der Waals surface area contributed by atoms with Crippen molar-refractivity contribution in [1.29, 1.82) is 0 Å². The first-order chi connectivity index (χ1) is 8.65. The molecule has 0 fully saturated rings. The summed E-state index contributed by atoms with van der Waals surface area (Å²) in [7, 11) is 0. The lowest BCUT2D eigenvalue weighted by atomic mass is 10.1. The molecule has 0 saturated carbocycles. The molecule has 1 aliphatic rings. The summed E-state index contributed by atoms with van der Waals surface area (Å²) in [5.41, 5.74) is 8.89. The minimum Gasteiger partial charge on any atom is -0.399 e. The molecule has 1 aromatic heterocycles. The lowest BCUT2D eigenvalue weighted by molar-refractivity contribution is 0.842. The minimum atomic E-state index is -0.101. The number of nitrogens with zero attached hydrogens (tertiary/aromatic N) is 2. The van der Waals surface area contributed by atoms with Crippen LogP contribution in [0.3, 0.4) is 0 Å². The van der Waals surface area contributed by atoms with Gasteiger partial charge in [0.25, 0.3) is 5.56 Å². The number of fused-ring (bicyclic) bond motifs is 1. The fourth-order valence-electron chi connectivity index (χ4n) is 2.16. The van der Waals surface area contributed by atoms with Gasteiger partial charge in [-0.2, -0.15) is 0 Å². The molecule has 5 nitrogen and oxygen atoms in total. The SMILES string of the molecule is Nc1ccc2c(c1)CN(c1nc[nH]c(=O)c1I)C2. The average Bonchev–Trinajstić information content (AvgIpc) is 2.75. The molecule has 2 aromatic rings. The second kappa shape index (κ2) is 4.27. The number of halogens is 1. The highest BCUT2D eigenvalue weighted by molar-refractivity contribution is 14.1. The number of benzene rings is 1. The van der Waals surface area contributed by atoms with Crippen LogP contribution in [0.25, 0.3) is 0 Å². The molecule has 0 amide bonds. The zero-order valence-corrected chi connectivity index (χ0v) is 11.6. The van der Waals surface area contributed by atoms with E-state index in [0.717, 1.165) is 24.6 Å². The van der Waals surface area contributed by atoms with Gasteiger partial charge in [0.15, 0.2) is 0 Å². The molecule has 0 spiro atoms. The highest BCUT2D eigenvalue weighted by Gasteiger charge is 2.22. The van der Waals surface area contributed by atoms with Gasteiger partial charge in [-0.25, -0.2) is 4.98 Å². The van der Waals surface area contributed by atoms with E-state index in [4.69, 9.17) is 5.73 Å². The Morgan fingerprint density at radius 1 is 1.33 bits per heavy atom. The molecule has 1 aliphatic heterocycles. The summed E-state index contributed by atoms with van der Waals surface area (Å²) in [4.78, 5) is 20.5. The fraction of sp³-hybridized carbons (Fsp3) is 0.167. The molecule has 0 atom stereocenters. The van der Waals surface area contributed by atoms with Crippen molar-refractivity contribution in [3.8, 4) is 0 Å². The Morgan fingerprint density at radius 2 is 2.11 bits per heavy atom. The summed E-state index contributed by atoms with van der Waals surface area (Å²) in [5.74, 6) is 0.731. The van der Waals surface area contributed by atoms with Gasteiger partial charge >= 0.3 is 0 Å². The normalized spacial score (nSPS) is 13.7. The van der Waals surface area contributed by atoms with Gasteiger partial charge in [-0.1, -0.05) is 6.07 Å². The number of aromatic nitrogens is 2. The third-order valence-corrected chi connectivity index (χ3v) is 4.00. The quantitative estimate of drug-likeness (QED) is 0.601. The van der Waals surface area contributed by atoms with E-state index < -0.39 is 0 Å². The van der Waals surface area contributed by atoms with E-state index in [-0.39, 0.29) is 5.56 Å². The van der Waals surface area contributed by atoms with Crippen molar-refractivity contribution in [3.63, 3.8) is 0 Å². The molecule has 0 unspecified atom stereocenters. The fourth-order valence-corrected chi connectivity index (χ4v) is 2.79. The molecule has 92 valence electrons. The van der Waals surface area contributed by atoms with Crippen molar-refractivity contribution in [3.05, 3.63) is 49.6 Å². The Morgan fingerprint density at radius 3 is 2.94 bits per heavy atom. The summed E-state index contributed by atoms with van der Waals surface area (Å²) < 4.78 is 0.621. The predicted octanol–water partition coefficient (Wildman–Crippen LogP) is 1.48. The summed E-state index contributed by atoms with van der Waals surface area (Å²) >= 11 is 2.03. The highest BCUT2D eigenvalue weighted by atomic mass is 127. The maximum atomic E-state index is 11.6. The number of H-pyrrole nitrogens is 1. The molecule has 2 heterocycles. The lowest BCUT2D eigenvalue weighted by Gasteiger charge is -2.16. The van der Waals surface area contributed by atoms with Gasteiger partial charge < -0.3 is 15.6 Å². The van der Waals surface area contributed by atoms with Crippen molar-refractivity contribution in [2.45, 2.75) is 13.1 Å². The molecular formula is C12H11IN4O. The van der Waals surface area contributed by atoms with E-state index in [1.165, 1.54) is 17.5 Å². The number of hydrogen-bond donors (Lipinski definition) is 2. The molecule has 0 aliphatic carbocycles. The van der Waals surface area contributed by atoms with Gasteiger partial charge in [-0.3, -0.25) is 4.79 Å². The van der Waals surface area contributed by atoms with Crippen molar-refractivity contribution < 1.29 is 0 Å². The average molecular weight is 354 g/mol. The highest BCUT2D eigenvalue weighted by Crippen LogP contribution is 2.29. The van der Waals surface area contributed by atoms with Gasteiger partial charge in [0.2, 0.25) is 0 Å². The van der Waals surface area contributed by atoms with E-state index >= 15 is 0 Å². The summed E-state index contributed by atoms with van der Waals surface area (Å²) in [6, 6.07) is 5.92. The molecule has 0 saturated heterocycles. The number of rotatable bonds is 1. The van der Waals surface area contributed by atoms with Crippen LogP contribution in [-0.4, -0.2) is 9.97 Å². The molecule has 18 heavy (non-hydrogen) atoms. The Hall–Kier alpha value is -1.57. The number of anilines is 2. The van der Waals surface area contributed by atoms with E-state index in [2.05, 4.69) is 14.9 Å². The van der Waals surface area contributed by atoms with Crippen molar-refractivity contribution in [2.75, 3.05) is 10.6 Å². The Kier molecular flexibility index (Phi) is 2.73. The first-order valence-electron chi connectivity index (χ1n) is 5.50. The monoisotopic (exact) mass is 354 g/mol. The molecule has 0 bridgehead atoms. The number of hydrogen-bond acceptors (Lipinski definition) is 4.